The fraction of sp³-hybridized carbons (Fsp3) is 0.643. The van der Waals surface area contributed by atoms with Gasteiger partial charge in [0.1, 0.15) is 17.7 Å². The third-order valence-electron chi connectivity index (χ3n) is 6.72. The lowest BCUT2D eigenvalue weighted by Gasteiger charge is -2.30. The average Bonchev–Trinajstić information content (AvgIpc) is 2.93. The van der Waals surface area contributed by atoms with Gasteiger partial charge in [0.2, 0.25) is 11.8 Å². The Hall–Kier alpha value is -3.26. The van der Waals surface area contributed by atoms with Crippen LogP contribution >= 0.6 is 0 Å². The molecule has 0 saturated heterocycles. The highest BCUT2D eigenvalue weighted by Gasteiger charge is 2.33. The average molecular weight is 580 g/mol. The molecule has 0 radical (unpaired) electrons. The highest BCUT2D eigenvalue weighted by atomic mass is 16.7. The first-order valence-corrected chi connectivity index (χ1v) is 13.7. The summed E-state index contributed by atoms with van der Waals surface area (Å²) in [5, 5.41) is 17.9. The maximum atomic E-state index is 13.4. The van der Waals surface area contributed by atoms with Gasteiger partial charge in [-0.25, -0.2) is 4.79 Å². The van der Waals surface area contributed by atoms with Crippen LogP contribution in [0.4, 0.5) is 4.79 Å². The molecule has 2 rings (SSSR count). The van der Waals surface area contributed by atoms with Crippen molar-refractivity contribution >= 4 is 23.8 Å². The molecule has 4 atom stereocenters. The van der Waals surface area contributed by atoms with Gasteiger partial charge in [-0.05, 0) is 57.6 Å². The van der Waals surface area contributed by atoms with E-state index < -0.39 is 60.6 Å². The fourth-order valence-corrected chi connectivity index (χ4v) is 4.43. The van der Waals surface area contributed by atoms with Crippen molar-refractivity contribution in [1.29, 1.82) is 0 Å². The minimum Gasteiger partial charge on any atom is -0.444 e. The zero-order valence-corrected chi connectivity index (χ0v) is 24.8. The molecule has 1 aromatic carbocycles. The maximum Gasteiger partial charge on any atom is 0.411 e. The first-order chi connectivity index (χ1) is 19.3. The molecule has 1 aliphatic carbocycles. The van der Waals surface area contributed by atoms with Crippen LogP contribution < -0.4 is 21.7 Å². The number of carbonyl (C=O) groups is 4. The molecule has 13 heteroatoms. The number of aliphatic hydroxyl groups excluding tert-OH is 1. The Morgan fingerprint density at radius 1 is 1.02 bits per heavy atom. The van der Waals surface area contributed by atoms with Gasteiger partial charge in [-0.2, -0.15) is 0 Å². The second-order valence-corrected chi connectivity index (χ2v) is 11.0. The molecule has 0 aromatic heterocycles. The molecule has 41 heavy (non-hydrogen) atoms. The Bertz CT molecular complexity index is 1040. The lowest BCUT2D eigenvalue weighted by molar-refractivity contribution is -0.135. The topological polar surface area (TPSA) is 182 Å². The summed E-state index contributed by atoms with van der Waals surface area (Å²) in [6.45, 7) is 4.22. The zero-order valence-electron chi connectivity index (χ0n) is 24.8. The third kappa shape index (κ3) is 10.3. The Morgan fingerprint density at radius 2 is 1.66 bits per heavy atom. The molecule has 4 amide bonds. The lowest BCUT2D eigenvalue weighted by atomic mass is 9.87. The number of hydrogen-bond donors (Lipinski definition) is 5. The van der Waals surface area contributed by atoms with Crippen LogP contribution in [0.15, 0.2) is 24.3 Å². The van der Waals surface area contributed by atoms with Gasteiger partial charge in [-0.15, -0.1) is 0 Å². The van der Waals surface area contributed by atoms with Crippen molar-refractivity contribution in [2.24, 2.45) is 5.73 Å². The van der Waals surface area contributed by atoms with E-state index in [9.17, 15) is 24.3 Å². The molecule has 0 saturated carbocycles. The molecule has 0 fully saturated rings. The van der Waals surface area contributed by atoms with E-state index in [1.54, 1.807) is 20.8 Å². The van der Waals surface area contributed by atoms with E-state index >= 15 is 0 Å². The van der Waals surface area contributed by atoms with Crippen LogP contribution in [0.1, 0.15) is 63.6 Å². The predicted molar refractivity (Wildman–Crippen MR) is 150 cm³/mol. The third-order valence-corrected chi connectivity index (χ3v) is 6.72. The number of nitrogens with one attached hydrogen (secondary N) is 3. The van der Waals surface area contributed by atoms with E-state index in [0.29, 0.717) is 0 Å². The number of nitrogens with zero attached hydrogens (tertiary/aromatic N) is 1. The number of nitrogens with two attached hydrogens (primary N) is 1. The monoisotopic (exact) mass is 579 g/mol. The predicted octanol–water partition coefficient (Wildman–Crippen LogP) is 0.693. The molecule has 6 N–H and O–H groups in total. The summed E-state index contributed by atoms with van der Waals surface area (Å²) in [4.78, 5) is 52.5. The van der Waals surface area contributed by atoms with Crippen molar-refractivity contribution in [2.45, 2.75) is 89.1 Å². The second kappa shape index (κ2) is 15.7. The summed E-state index contributed by atoms with van der Waals surface area (Å²) in [5.41, 5.74) is 7.29. The Labute approximate surface area is 241 Å². The summed E-state index contributed by atoms with van der Waals surface area (Å²) < 4.78 is 15.7. The van der Waals surface area contributed by atoms with Crippen LogP contribution in [0.2, 0.25) is 0 Å². The van der Waals surface area contributed by atoms with Gasteiger partial charge >= 0.3 is 6.09 Å². The molecule has 1 unspecified atom stereocenters. The molecule has 230 valence electrons. The zero-order chi connectivity index (χ0) is 30.7. The Balaban J connectivity index is 2.12. The standard InChI is InChI=1S/C28H45N5O8/c1-28(2,3)41-27(38)33(4)23(29)26(37)32-21(16-34)25(36)31-20(14-15-22(39-5)40-6)24(35)30-19-13-9-11-17-10-7-8-12-18(17)19/h7-8,10,12,19-23,34H,9,11,13-16,29H2,1-6H3,(H,30,35)(H,31,36)(H,32,37)/t19-,20?,21+,23-/m1/s1. The van der Waals surface area contributed by atoms with Gasteiger partial charge in [0.15, 0.2) is 12.5 Å². The summed E-state index contributed by atoms with van der Waals surface area (Å²) in [7, 11) is 4.21. The minimum absolute atomic E-state index is 0.158. The summed E-state index contributed by atoms with van der Waals surface area (Å²) in [5.74, 6) is -2.12. The number of ether oxygens (including phenoxy) is 3. The largest absolute Gasteiger partial charge is 0.444 e. The van der Waals surface area contributed by atoms with E-state index in [0.717, 1.165) is 29.7 Å². The van der Waals surface area contributed by atoms with Crippen LogP contribution in [0, 0.1) is 0 Å². The maximum absolute atomic E-state index is 13.4. The molecule has 0 aliphatic heterocycles. The number of hydrogen-bond acceptors (Lipinski definition) is 9. The normalized spacial score (nSPS) is 17.0. The van der Waals surface area contributed by atoms with Gasteiger partial charge in [0.05, 0.1) is 12.6 Å². The van der Waals surface area contributed by atoms with E-state index in [4.69, 9.17) is 19.9 Å². The van der Waals surface area contributed by atoms with E-state index in [-0.39, 0.29) is 18.9 Å². The molecule has 0 spiro atoms. The number of aliphatic hydroxyl groups is 1. The van der Waals surface area contributed by atoms with Crippen molar-refractivity contribution in [3.05, 3.63) is 35.4 Å². The second-order valence-electron chi connectivity index (χ2n) is 11.0. The summed E-state index contributed by atoms with van der Waals surface area (Å²) >= 11 is 0. The number of benzene rings is 1. The molecule has 0 heterocycles. The molecule has 1 aliphatic rings. The summed E-state index contributed by atoms with van der Waals surface area (Å²) in [6, 6.07) is 5.22. The van der Waals surface area contributed by atoms with Crippen LogP contribution in [-0.4, -0.2) is 91.8 Å². The van der Waals surface area contributed by atoms with Crippen molar-refractivity contribution in [3.63, 3.8) is 0 Å². The Kier molecular flexibility index (Phi) is 13.0. The molecular formula is C28H45N5O8. The van der Waals surface area contributed by atoms with Gasteiger partial charge in [0, 0.05) is 27.7 Å². The van der Waals surface area contributed by atoms with Gasteiger partial charge in [-0.3, -0.25) is 19.3 Å². The lowest BCUT2D eigenvalue weighted by Crippen LogP contribution is -2.60. The van der Waals surface area contributed by atoms with E-state index in [1.807, 2.05) is 24.3 Å². The van der Waals surface area contributed by atoms with Crippen molar-refractivity contribution in [1.82, 2.24) is 20.9 Å². The smallest absolute Gasteiger partial charge is 0.411 e. The fourth-order valence-electron chi connectivity index (χ4n) is 4.43. The number of aryl methyl sites for hydroxylation is 1. The number of carbonyl (C=O) groups excluding carboxylic acids is 4. The number of methoxy groups -OCH3 is 2. The van der Waals surface area contributed by atoms with E-state index in [1.165, 1.54) is 26.8 Å². The quantitative estimate of drug-likeness (QED) is 0.210. The van der Waals surface area contributed by atoms with Gasteiger partial charge < -0.3 is 41.0 Å². The van der Waals surface area contributed by atoms with Gasteiger partial charge in [0.25, 0.3) is 5.91 Å². The molecular weight excluding hydrogens is 534 g/mol. The van der Waals surface area contributed by atoms with Crippen LogP contribution in [0.5, 0.6) is 0 Å². The number of rotatable bonds is 13. The molecule has 1 aromatic rings. The number of fused-ring (bicyclic) bond motifs is 1. The summed E-state index contributed by atoms with van der Waals surface area (Å²) in [6.07, 6.45) is 0.0890. The number of amides is 4. The van der Waals surface area contributed by atoms with Crippen LogP contribution in [0.25, 0.3) is 0 Å². The van der Waals surface area contributed by atoms with Crippen LogP contribution in [0.3, 0.4) is 0 Å². The first-order valence-electron chi connectivity index (χ1n) is 13.7. The SMILES string of the molecule is COC(CCC(NC(=O)[C@H](CO)NC(=O)[C@H](N)N(C)C(=O)OC(C)(C)C)C(=O)N[C@@H]1CCCc2ccccc21)OC. The first kappa shape index (κ1) is 33.9. The molecule has 13 nitrogen and oxygen atoms in total. The minimum atomic E-state index is -1.50. The van der Waals surface area contributed by atoms with Crippen molar-refractivity contribution in [3.8, 4) is 0 Å². The molecule has 0 bridgehead atoms. The van der Waals surface area contributed by atoms with Crippen molar-refractivity contribution in [2.75, 3.05) is 27.9 Å². The van der Waals surface area contributed by atoms with Crippen molar-refractivity contribution < 1.29 is 38.5 Å². The van der Waals surface area contributed by atoms with Gasteiger partial charge in [-0.1, -0.05) is 24.3 Å². The van der Waals surface area contributed by atoms with E-state index in [2.05, 4.69) is 16.0 Å². The Morgan fingerprint density at radius 3 is 2.27 bits per heavy atom. The highest BCUT2D eigenvalue weighted by molar-refractivity contribution is 5.93. The number of likely N-dealkylation sites (N-methyl/N-ethyl adjacent to an activating group) is 1. The highest BCUT2D eigenvalue weighted by Crippen LogP contribution is 2.29. The van der Waals surface area contributed by atoms with Crippen LogP contribution in [-0.2, 0) is 35.0 Å².